The number of ether oxygens (including phenoxy) is 2. The Morgan fingerprint density at radius 1 is 1.33 bits per heavy atom. The van der Waals surface area contributed by atoms with Gasteiger partial charge in [-0.25, -0.2) is 4.79 Å². The molecule has 1 heterocycles. The summed E-state index contributed by atoms with van der Waals surface area (Å²) in [5.41, 5.74) is 0.0967. The molecule has 1 aromatic rings. The van der Waals surface area contributed by atoms with E-state index in [2.05, 4.69) is 12.6 Å². The predicted octanol–water partition coefficient (Wildman–Crippen LogP) is 1.83. The zero-order valence-electron chi connectivity index (χ0n) is 7.90. The van der Waals surface area contributed by atoms with E-state index >= 15 is 0 Å². The maximum atomic E-state index is 11.0. The zero-order valence-corrected chi connectivity index (χ0v) is 8.79. The van der Waals surface area contributed by atoms with Crippen LogP contribution in [0, 0.1) is 0 Å². The molecule has 15 heavy (non-hydrogen) atoms. The third-order valence-corrected chi connectivity index (χ3v) is 2.32. The lowest BCUT2D eigenvalue weighted by atomic mass is 10.2. The van der Waals surface area contributed by atoms with Gasteiger partial charge in [0, 0.05) is 11.3 Å². The summed E-state index contributed by atoms with van der Waals surface area (Å²) in [5.74, 6) is -0.275. The summed E-state index contributed by atoms with van der Waals surface area (Å²) >= 11 is 4.12. The Balaban J connectivity index is 2.54. The van der Waals surface area contributed by atoms with Crippen LogP contribution < -0.4 is 9.47 Å². The average molecular weight is 226 g/mol. The van der Waals surface area contributed by atoms with Gasteiger partial charge >= 0.3 is 5.97 Å². The molecule has 0 saturated carbocycles. The Morgan fingerprint density at radius 3 is 2.80 bits per heavy atom. The van der Waals surface area contributed by atoms with Gasteiger partial charge in [-0.15, -0.1) is 12.6 Å². The van der Waals surface area contributed by atoms with Crippen LogP contribution in [-0.4, -0.2) is 24.3 Å². The van der Waals surface area contributed by atoms with Gasteiger partial charge in [0.2, 0.25) is 0 Å². The van der Waals surface area contributed by atoms with Gasteiger partial charge in [-0.3, -0.25) is 0 Å². The van der Waals surface area contributed by atoms with Crippen molar-refractivity contribution in [3.05, 3.63) is 17.7 Å². The van der Waals surface area contributed by atoms with Crippen molar-refractivity contribution in [3.8, 4) is 11.5 Å². The number of hydrogen-bond donors (Lipinski definition) is 2. The highest BCUT2D eigenvalue weighted by Gasteiger charge is 2.19. The van der Waals surface area contributed by atoms with Gasteiger partial charge in [0.1, 0.15) is 5.56 Å². The smallest absolute Gasteiger partial charge is 0.339 e. The first kappa shape index (κ1) is 10.2. The third-order valence-electron chi connectivity index (χ3n) is 2.06. The van der Waals surface area contributed by atoms with E-state index < -0.39 is 5.97 Å². The molecule has 0 aromatic heterocycles. The monoisotopic (exact) mass is 226 g/mol. The average Bonchev–Trinajstić information content (AvgIpc) is 2.41. The second kappa shape index (κ2) is 4.02. The molecule has 0 amide bonds. The van der Waals surface area contributed by atoms with Crippen molar-refractivity contribution in [2.24, 2.45) is 0 Å². The van der Waals surface area contributed by atoms with E-state index in [4.69, 9.17) is 14.6 Å². The maximum Gasteiger partial charge on any atom is 0.339 e. The number of benzene rings is 1. The molecule has 0 saturated heterocycles. The maximum absolute atomic E-state index is 11.0. The molecular formula is C10H10O4S. The van der Waals surface area contributed by atoms with Crippen LogP contribution in [0.3, 0.4) is 0 Å². The lowest BCUT2D eigenvalue weighted by Crippen LogP contribution is -2.03. The van der Waals surface area contributed by atoms with Crippen molar-refractivity contribution in [1.29, 1.82) is 0 Å². The number of carbonyl (C=O) groups is 1. The molecule has 80 valence electrons. The molecule has 0 aliphatic carbocycles. The molecule has 0 spiro atoms. The van der Waals surface area contributed by atoms with Crippen LogP contribution in [0.4, 0.5) is 0 Å². The number of carboxylic acids is 1. The van der Waals surface area contributed by atoms with Crippen molar-refractivity contribution >= 4 is 18.6 Å². The fraction of sp³-hybridized carbons (Fsp3) is 0.300. The Hall–Kier alpha value is -1.36. The van der Waals surface area contributed by atoms with Crippen molar-refractivity contribution in [1.82, 2.24) is 0 Å². The van der Waals surface area contributed by atoms with Crippen LogP contribution in [0.2, 0.25) is 0 Å². The van der Waals surface area contributed by atoms with Crippen LogP contribution >= 0.6 is 12.6 Å². The van der Waals surface area contributed by atoms with Gasteiger partial charge < -0.3 is 14.6 Å². The van der Waals surface area contributed by atoms with Crippen LogP contribution in [0.5, 0.6) is 11.5 Å². The van der Waals surface area contributed by atoms with Crippen LogP contribution in [0.15, 0.2) is 17.0 Å². The fourth-order valence-corrected chi connectivity index (χ4v) is 1.66. The third kappa shape index (κ3) is 2.02. The summed E-state index contributed by atoms with van der Waals surface area (Å²) < 4.78 is 10.7. The predicted molar refractivity (Wildman–Crippen MR) is 56.3 cm³/mol. The SMILES string of the molecule is O=C(O)c1cc(S)cc2c1OCCCO2. The lowest BCUT2D eigenvalue weighted by Gasteiger charge is -2.10. The van der Waals surface area contributed by atoms with Crippen molar-refractivity contribution in [2.45, 2.75) is 11.3 Å². The van der Waals surface area contributed by atoms with E-state index in [-0.39, 0.29) is 5.56 Å². The molecule has 0 radical (unpaired) electrons. The van der Waals surface area contributed by atoms with Gasteiger partial charge in [0.25, 0.3) is 0 Å². The van der Waals surface area contributed by atoms with E-state index in [1.165, 1.54) is 6.07 Å². The molecule has 0 fully saturated rings. The molecule has 1 N–H and O–H groups in total. The first-order valence-electron chi connectivity index (χ1n) is 4.54. The van der Waals surface area contributed by atoms with Crippen molar-refractivity contribution in [2.75, 3.05) is 13.2 Å². The molecule has 5 heteroatoms. The molecular weight excluding hydrogens is 216 g/mol. The number of thiol groups is 1. The van der Waals surface area contributed by atoms with Gasteiger partial charge in [0.05, 0.1) is 13.2 Å². The minimum absolute atomic E-state index is 0.0967. The second-order valence-electron chi connectivity index (χ2n) is 3.18. The molecule has 0 atom stereocenters. The summed E-state index contributed by atoms with van der Waals surface area (Å²) in [6, 6.07) is 3.12. The Kier molecular flexibility index (Phi) is 2.73. The van der Waals surface area contributed by atoms with Gasteiger partial charge in [-0.05, 0) is 12.1 Å². The van der Waals surface area contributed by atoms with Crippen LogP contribution in [0.1, 0.15) is 16.8 Å². The lowest BCUT2D eigenvalue weighted by molar-refractivity contribution is 0.0692. The second-order valence-corrected chi connectivity index (χ2v) is 3.69. The van der Waals surface area contributed by atoms with E-state index in [0.29, 0.717) is 29.6 Å². The number of fused-ring (bicyclic) bond motifs is 1. The van der Waals surface area contributed by atoms with E-state index in [0.717, 1.165) is 6.42 Å². The van der Waals surface area contributed by atoms with Gasteiger partial charge in [0.15, 0.2) is 11.5 Å². The van der Waals surface area contributed by atoms with Gasteiger partial charge in [-0.1, -0.05) is 0 Å². The van der Waals surface area contributed by atoms with E-state index in [1.54, 1.807) is 6.07 Å². The number of hydrogen-bond acceptors (Lipinski definition) is 4. The van der Waals surface area contributed by atoms with Crippen LogP contribution in [-0.2, 0) is 0 Å². The molecule has 1 aliphatic heterocycles. The molecule has 1 aliphatic rings. The minimum atomic E-state index is -1.03. The first-order valence-corrected chi connectivity index (χ1v) is 4.99. The summed E-state index contributed by atoms with van der Waals surface area (Å²) in [5, 5.41) is 8.99. The Labute approximate surface area is 92.2 Å². The highest BCUT2D eigenvalue weighted by molar-refractivity contribution is 7.80. The highest BCUT2D eigenvalue weighted by Crippen LogP contribution is 2.35. The zero-order chi connectivity index (χ0) is 10.8. The Morgan fingerprint density at radius 2 is 2.07 bits per heavy atom. The van der Waals surface area contributed by atoms with Crippen molar-refractivity contribution < 1.29 is 19.4 Å². The number of aromatic carboxylic acids is 1. The molecule has 4 nitrogen and oxygen atoms in total. The summed E-state index contributed by atoms with van der Waals surface area (Å²) in [6.07, 6.45) is 0.746. The largest absolute Gasteiger partial charge is 0.489 e. The summed E-state index contributed by atoms with van der Waals surface area (Å²) in [7, 11) is 0. The summed E-state index contributed by atoms with van der Waals surface area (Å²) in [4.78, 5) is 11.5. The van der Waals surface area contributed by atoms with Gasteiger partial charge in [-0.2, -0.15) is 0 Å². The van der Waals surface area contributed by atoms with Crippen molar-refractivity contribution in [3.63, 3.8) is 0 Å². The van der Waals surface area contributed by atoms with E-state index in [9.17, 15) is 4.79 Å². The molecule has 1 aromatic carbocycles. The number of carboxylic acid groups (broad SMARTS) is 1. The fourth-order valence-electron chi connectivity index (χ4n) is 1.42. The standard InChI is InChI=1S/C10H10O4S/c11-10(12)7-4-6(15)5-8-9(7)14-3-1-2-13-8/h4-5,15H,1-3H2,(H,11,12). The Bertz CT molecular complexity index is 403. The quantitative estimate of drug-likeness (QED) is 0.717. The summed E-state index contributed by atoms with van der Waals surface area (Å²) in [6.45, 7) is 1.00. The molecule has 0 bridgehead atoms. The van der Waals surface area contributed by atoms with Crippen LogP contribution in [0.25, 0.3) is 0 Å². The first-order chi connectivity index (χ1) is 7.18. The number of rotatable bonds is 1. The molecule has 0 unspecified atom stereocenters. The minimum Gasteiger partial charge on any atom is -0.489 e. The highest BCUT2D eigenvalue weighted by atomic mass is 32.1. The topological polar surface area (TPSA) is 55.8 Å². The molecule has 2 rings (SSSR count). The normalized spacial score (nSPS) is 14.5. The van der Waals surface area contributed by atoms with E-state index in [1.807, 2.05) is 0 Å².